The Kier molecular flexibility index (Phi) is 6.14. The van der Waals surface area contributed by atoms with E-state index < -0.39 is 0 Å². The Morgan fingerprint density at radius 1 is 1.00 bits per heavy atom. The van der Waals surface area contributed by atoms with Crippen LogP contribution in [0.2, 0.25) is 0 Å². The van der Waals surface area contributed by atoms with Gasteiger partial charge in [-0.25, -0.2) is 4.98 Å². The summed E-state index contributed by atoms with van der Waals surface area (Å²) in [6.45, 7) is 0. The van der Waals surface area contributed by atoms with E-state index in [1.165, 1.54) is 18.2 Å². The van der Waals surface area contributed by atoms with Crippen LogP contribution < -0.4 is 10.9 Å². The topological polar surface area (TPSA) is 84.2 Å². The second-order valence-electron chi connectivity index (χ2n) is 7.17. The van der Waals surface area contributed by atoms with Gasteiger partial charge in [0, 0.05) is 17.2 Å². The zero-order valence-corrected chi connectivity index (χ0v) is 16.8. The van der Waals surface area contributed by atoms with E-state index in [4.69, 9.17) is 4.42 Å². The Hall–Kier alpha value is -2.80. The lowest BCUT2D eigenvalue weighted by atomic mass is 9.89. The standard InChI is InChI=1S/C22H23N3O3S/c26-20(15-8-2-1-3-9-15)24-25-21(27)17-11-5-4-10-16(17)14-29-22-23-18-12-6-7-13-19(18)28-22/h4-7,10-13,15H,1-3,8-9,14H2,(H,24,26)(H,25,27). The van der Waals surface area contributed by atoms with Crippen molar-refractivity contribution >= 4 is 34.7 Å². The number of nitrogens with zero attached hydrogens (tertiary/aromatic N) is 1. The van der Waals surface area contributed by atoms with Crippen molar-refractivity contribution in [1.29, 1.82) is 0 Å². The third-order valence-electron chi connectivity index (χ3n) is 5.16. The predicted molar refractivity (Wildman–Crippen MR) is 112 cm³/mol. The molecular weight excluding hydrogens is 386 g/mol. The molecule has 0 spiro atoms. The summed E-state index contributed by atoms with van der Waals surface area (Å²) in [4.78, 5) is 29.3. The Bertz CT molecular complexity index is 978. The molecular formula is C22H23N3O3S. The van der Waals surface area contributed by atoms with Crippen LogP contribution in [-0.4, -0.2) is 16.8 Å². The van der Waals surface area contributed by atoms with E-state index in [0.717, 1.165) is 42.3 Å². The van der Waals surface area contributed by atoms with Crippen molar-refractivity contribution in [2.24, 2.45) is 5.92 Å². The first-order chi connectivity index (χ1) is 14.2. The van der Waals surface area contributed by atoms with Crippen molar-refractivity contribution < 1.29 is 14.0 Å². The Labute approximate surface area is 173 Å². The normalized spacial score (nSPS) is 14.6. The second kappa shape index (κ2) is 9.13. The fourth-order valence-electron chi connectivity index (χ4n) is 3.57. The van der Waals surface area contributed by atoms with Gasteiger partial charge < -0.3 is 4.42 Å². The van der Waals surface area contributed by atoms with Crippen LogP contribution in [0.15, 0.2) is 58.2 Å². The number of hydrogen-bond acceptors (Lipinski definition) is 5. The van der Waals surface area contributed by atoms with Crippen LogP contribution in [-0.2, 0) is 10.5 Å². The number of fused-ring (bicyclic) bond motifs is 1. The fraction of sp³-hybridized carbons (Fsp3) is 0.318. The summed E-state index contributed by atoms with van der Waals surface area (Å²) in [5.74, 6) is 0.112. The first-order valence-electron chi connectivity index (χ1n) is 9.87. The van der Waals surface area contributed by atoms with Crippen molar-refractivity contribution in [1.82, 2.24) is 15.8 Å². The van der Waals surface area contributed by atoms with Crippen LogP contribution in [0, 0.1) is 5.92 Å². The maximum Gasteiger partial charge on any atom is 0.269 e. The molecule has 1 saturated carbocycles. The van der Waals surface area contributed by atoms with E-state index in [9.17, 15) is 9.59 Å². The van der Waals surface area contributed by atoms with Gasteiger partial charge in [-0.3, -0.25) is 20.4 Å². The van der Waals surface area contributed by atoms with Crippen LogP contribution >= 0.6 is 11.8 Å². The molecule has 4 rings (SSSR count). The molecule has 1 fully saturated rings. The molecule has 6 nitrogen and oxygen atoms in total. The Morgan fingerprint density at radius 3 is 2.59 bits per heavy atom. The molecule has 2 amide bonds. The van der Waals surface area contributed by atoms with Crippen LogP contribution in [0.3, 0.4) is 0 Å². The largest absolute Gasteiger partial charge is 0.431 e. The number of oxazole rings is 1. The van der Waals surface area contributed by atoms with Gasteiger partial charge in [0.1, 0.15) is 5.52 Å². The summed E-state index contributed by atoms with van der Waals surface area (Å²) in [5.41, 5.74) is 8.10. The zero-order chi connectivity index (χ0) is 20.1. The van der Waals surface area contributed by atoms with Gasteiger partial charge >= 0.3 is 0 Å². The number of thioether (sulfide) groups is 1. The molecule has 0 atom stereocenters. The molecule has 1 heterocycles. The molecule has 1 aliphatic rings. The van der Waals surface area contributed by atoms with Crippen molar-refractivity contribution in [3.05, 3.63) is 59.7 Å². The Balaban J connectivity index is 1.38. The van der Waals surface area contributed by atoms with E-state index in [0.29, 0.717) is 16.5 Å². The molecule has 150 valence electrons. The van der Waals surface area contributed by atoms with Gasteiger partial charge in [-0.05, 0) is 36.6 Å². The van der Waals surface area contributed by atoms with Gasteiger partial charge in [0.2, 0.25) is 5.91 Å². The minimum Gasteiger partial charge on any atom is -0.431 e. The first kappa shape index (κ1) is 19.5. The molecule has 7 heteroatoms. The lowest BCUT2D eigenvalue weighted by molar-refractivity contribution is -0.126. The molecule has 29 heavy (non-hydrogen) atoms. The number of nitrogens with one attached hydrogen (secondary N) is 2. The van der Waals surface area contributed by atoms with E-state index in [-0.39, 0.29) is 17.7 Å². The highest BCUT2D eigenvalue weighted by Gasteiger charge is 2.22. The number of aromatic nitrogens is 1. The minimum atomic E-state index is -0.317. The molecule has 2 N–H and O–H groups in total. The summed E-state index contributed by atoms with van der Waals surface area (Å²) < 4.78 is 5.73. The number of hydrogen-bond donors (Lipinski definition) is 2. The third kappa shape index (κ3) is 4.79. The number of benzene rings is 2. The summed E-state index contributed by atoms with van der Waals surface area (Å²) >= 11 is 1.43. The highest BCUT2D eigenvalue weighted by Crippen LogP contribution is 2.27. The van der Waals surface area contributed by atoms with E-state index in [2.05, 4.69) is 15.8 Å². The lowest BCUT2D eigenvalue weighted by Crippen LogP contribution is -2.45. The number of hydrazine groups is 1. The van der Waals surface area contributed by atoms with Crippen LogP contribution in [0.25, 0.3) is 11.1 Å². The van der Waals surface area contributed by atoms with Gasteiger partial charge in [-0.15, -0.1) is 0 Å². The summed E-state index contributed by atoms with van der Waals surface area (Å²) in [6.07, 6.45) is 5.10. The van der Waals surface area contributed by atoms with Crippen LogP contribution in [0.5, 0.6) is 0 Å². The summed E-state index contributed by atoms with van der Waals surface area (Å²) in [5, 5.41) is 0.562. The molecule has 3 aromatic rings. The average Bonchev–Trinajstić information content (AvgIpc) is 3.19. The van der Waals surface area contributed by atoms with E-state index in [1.807, 2.05) is 42.5 Å². The molecule has 2 aromatic carbocycles. The van der Waals surface area contributed by atoms with Gasteiger partial charge in [0.25, 0.3) is 11.1 Å². The quantitative estimate of drug-likeness (QED) is 0.480. The molecule has 0 saturated heterocycles. The summed E-state index contributed by atoms with van der Waals surface area (Å²) in [7, 11) is 0. The number of rotatable bonds is 5. The van der Waals surface area contributed by atoms with Gasteiger partial charge in [-0.1, -0.05) is 61.4 Å². The van der Waals surface area contributed by atoms with Crippen LogP contribution in [0.1, 0.15) is 48.0 Å². The van der Waals surface area contributed by atoms with Crippen molar-refractivity contribution in [2.75, 3.05) is 0 Å². The minimum absolute atomic E-state index is 0.00555. The zero-order valence-electron chi connectivity index (χ0n) is 16.0. The molecule has 1 aromatic heterocycles. The number of carbonyl (C=O) groups is 2. The van der Waals surface area contributed by atoms with E-state index in [1.54, 1.807) is 6.07 Å². The van der Waals surface area contributed by atoms with Crippen molar-refractivity contribution in [3.8, 4) is 0 Å². The summed E-state index contributed by atoms with van der Waals surface area (Å²) in [6, 6.07) is 15.0. The van der Waals surface area contributed by atoms with Crippen LogP contribution in [0.4, 0.5) is 0 Å². The van der Waals surface area contributed by atoms with Crippen molar-refractivity contribution in [3.63, 3.8) is 0 Å². The monoisotopic (exact) mass is 409 g/mol. The number of para-hydroxylation sites is 2. The highest BCUT2D eigenvalue weighted by atomic mass is 32.2. The molecule has 0 unspecified atom stereocenters. The average molecular weight is 410 g/mol. The highest BCUT2D eigenvalue weighted by molar-refractivity contribution is 7.98. The predicted octanol–water partition coefficient (Wildman–Crippen LogP) is 4.46. The van der Waals surface area contributed by atoms with Gasteiger partial charge in [0.05, 0.1) is 0 Å². The maximum absolute atomic E-state index is 12.6. The smallest absolute Gasteiger partial charge is 0.269 e. The molecule has 0 bridgehead atoms. The maximum atomic E-state index is 12.6. The van der Waals surface area contributed by atoms with Gasteiger partial charge in [-0.2, -0.15) is 0 Å². The SMILES string of the molecule is O=C(NNC(=O)C1CCCCC1)c1ccccc1CSc1nc2ccccc2o1. The third-order valence-corrected chi connectivity index (χ3v) is 6.04. The second-order valence-corrected chi connectivity index (χ2v) is 8.10. The molecule has 0 aliphatic heterocycles. The number of amides is 2. The molecule has 1 aliphatic carbocycles. The number of carbonyl (C=O) groups excluding carboxylic acids is 2. The lowest BCUT2D eigenvalue weighted by Gasteiger charge is -2.21. The first-order valence-corrected chi connectivity index (χ1v) is 10.9. The fourth-order valence-corrected chi connectivity index (χ4v) is 4.41. The van der Waals surface area contributed by atoms with Crippen molar-refractivity contribution in [2.45, 2.75) is 43.1 Å². The van der Waals surface area contributed by atoms with E-state index >= 15 is 0 Å². The molecule has 0 radical (unpaired) electrons. The Morgan fingerprint density at radius 2 is 1.76 bits per heavy atom. The van der Waals surface area contributed by atoms with Gasteiger partial charge in [0.15, 0.2) is 5.58 Å².